The Labute approximate surface area is 107 Å². The number of hydrogen-bond acceptors (Lipinski definition) is 4. The van der Waals surface area contributed by atoms with Crippen molar-refractivity contribution in [3.8, 4) is 0 Å². The van der Waals surface area contributed by atoms with E-state index in [1.54, 1.807) is 0 Å². The van der Waals surface area contributed by atoms with Gasteiger partial charge in [0.25, 0.3) is 0 Å². The van der Waals surface area contributed by atoms with Crippen LogP contribution in [0.2, 0.25) is 0 Å². The van der Waals surface area contributed by atoms with E-state index < -0.39 is 5.60 Å². The Balaban J connectivity index is 1.69. The molecule has 4 nitrogen and oxygen atoms in total. The van der Waals surface area contributed by atoms with Crippen molar-refractivity contribution in [3.05, 3.63) is 29.8 Å². The van der Waals surface area contributed by atoms with Gasteiger partial charge in [0.05, 0.1) is 17.6 Å². The van der Waals surface area contributed by atoms with Crippen LogP contribution in [-0.4, -0.2) is 41.6 Å². The first-order chi connectivity index (χ1) is 8.75. The minimum Gasteiger partial charge on any atom is -0.388 e. The average Bonchev–Trinajstić information content (AvgIpc) is 2.39. The van der Waals surface area contributed by atoms with E-state index in [1.807, 2.05) is 24.5 Å². The molecule has 4 heteroatoms. The van der Waals surface area contributed by atoms with Crippen LogP contribution in [0.1, 0.15) is 18.4 Å². The summed E-state index contributed by atoms with van der Waals surface area (Å²) in [5.74, 6) is 0. The van der Waals surface area contributed by atoms with E-state index in [-0.39, 0.29) is 0 Å². The van der Waals surface area contributed by atoms with E-state index in [9.17, 15) is 5.11 Å². The Hall–Kier alpha value is -1.39. The lowest BCUT2D eigenvalue weighted by Gasteiger charge is -2.37. The number of nitrogens with zero attached hydrogens (tertiary/aromatic N) is 2. The zero-order valence-corrected chi connectivity index (χ0v) is 10.5. The van der Waals surface area contributed by atoms with Gasteiger partial charge in [-0.05, 0) is 37.6 Å². The van der Waals surface area contributed by atoms with Gasteiger partial charge in [0.1, 0.15) is 0 Å². The molecule has 0 atom stereocenters. The highest BCUT2D eigenvalue weighted by atomic mass is 16.3. The molecule has 0 amide bonds. The second kappa shape index (κ2) is 4.71. The third-order valence-electron chi connectivity index (χ3n) is 3.76. The lowest BCUT2D eigenvalue weighted by Crippen LogP contribution is -2.49. The zero-order valence-electron chi connectivity index (χ0n) is 10.5. The minimum atomic E-state index is -0.566. The molecule has 0 aliphatic carbocycles. The van der Waals surface area contributed by atoms with Crippen molar-refractivity contribution in [2.75, 3.05) is 19.6 Å². The maximum atomic E-state index is 10.5. The van der Waals surface area contributed by atoms with Gasteiger partial charge in [0.15, 0.2) is 0 Å². The molecule has 1 aromatic rings. The monoisotopic (exact) mass is 245 g/mol. The number of aliphatic hydroxyl groups is 1. The zero-order chi connectivity index (χ0) is 12.4. The van der Waals surface area contributed by atoms with Gasteiger partial charge in [-0.25, -0.2) is 4.99 Å². The molecule has 0 bridgehead atoms. The van der Waals surface area contributed by atoms with E-state index in [2.05, 4.69) is 21.3 Å². The SMILES string of the molecule is OC1(CN2C=Nc3ccccc3C2)CCNCC1. The fourth-order valence-corrected chi connectivity index (χ4v) is 2.70. The van der Waals surface area contributed by atoms with Crippen molar-refractivity contribution in [1.29, 1.82) is 0 Å². The molecule has 2 aliphatic rings. The number of fused-ring (bicyclic) bond motifs is 1. The van der Waals surface area contributed by atoms with Crippen LogP contribution in [0.15, 0.2) is 29.3 Å². The number of piperidine rings is 1. The molecule has 0 unspecified atom stereocenters. The molecule has 96 valence electrons. The molecule has 1 saturated heterocycles. The molecule has 2 aliphatic heterocycles. The highest BCUT2D eigenvalue weighted by molar-refractivity contribution is 5.66. The van der Waals surface area contributed by atoms with E-state index in [4.69, 9.17) is 0 Å². The Bertz CT molecular complexity index is 452. The summed E-state index contributed by atoms with van der Waals surface area (Å²) >= 11 is 0. The van der Waals surface area contributed by atoms with E-state index in [0.29, 0.717) is 6.54 Å². The Morgan fingerprint density at radius 1 is 1.28 bits per heavy atom. The number of aliphatic imine (C=N–C) groups is 1. The summed E-state index contributed by atoms with van der Waals surface area (Å²) in [7, 11) is 0. The molecule has 0 aromatic heterocycles. The number of β-amino-alcohol motifs (C(OH)–C–C–N with tert-alkyl or cyclic N) is 1. The van der Waals surface area contributed by atoms with E-state index in [1.165, 1.54) is 5.56 Å². The molecule has 0 saturated carbocycles. The number of nitrogens with one attached hydrogen (secondary N) is 1. The Kier molecular flexibility index (Phi) is 3.06. The first-order valence-electron chi connectivity index (χ1n) is 6.54. The van der Waals surface area contributed by atoms with Gasteiger partial charge in [-0.2, -0.15) is 0 Å². The molecule has 1 aromatic carbocycles. The largest absolute Gasteiger partial charge is 0.388 e. The normalized spacial score (nSPS) is 21.7. The van der Waals surface area contributed by atoms with Crippen molar-refractivity contribution >= 4 is 12.0 Å². The second-order valence-electron chi connectivity index (χ2n) is 5.25. The highest BCUT2D eigenvalue weighted by Crippen LogP contribution is 2.26. The predicted molar refractivity (Wildman–Crippen MR) is 72.1 cm³/mol. The smallest absolute Gasteiger partial charge is 0.0916 e. The maximum absolute atomic E-state index is 10.5. The van der Waals surface area contributed by atoms with Crippen molar-refractivity contribution in [2.45, 2.75) is 25.0 Å². The molecular weight excluding hydrogens is 226 g/mol. The molecule has 0 radical (unpaired) electrons. The number of hydrogen-bond donors (Lipinski definition) is 2. The Morgan fingerprint density at radius 3 is 2.89 bits per heavy atom. The molecule has 2 heterocycles. The fourth-order valence-electron chi connectivity index (χ4n) is 2.70. The standard InChI is InChI=1S/C14H19N3O/c18-14(5-7-15-8-6-14)10-17-9-12-3-1-2-4-13(12)16-11-17/h1-4,11,15,18H,5-10H2. The third kappa shape index (κ3) is 2.40. The van der Waals surface area contributed by atoms with Gasteiger partial charge in [0.2, 0.25) is 0 Å². The summed E-state index contributed by atoms with van der Waals surface area (Å²) in [5.41, 5.74) is 1.72. The second-order valence-corrected chi connectivity index (χ2v) is 5.25. The summed E-state index contributed by atoms with van der Waals surface area (Å²) in [4.78, 5) is 6.56. The number of para-hydroxylation sites is 1. The number of benzene rings is 1. The first-order valence-corrected chi connectivity index (χ1v) is 6.54. The van der Waals surface area contributed by atoms with Crippen molar-refractivity contribution < 1.29 is 5.11 Å². The van der Waals surface area contributed by atoms with Crippen LogP contribution >= 0.6 is 0 Å². The van der Waals surface area contributed by atoms with Crippen LogP contribution in [-0.2, 0) is 6.54 Å². The predicted octanol–water partition coefficient (Wildman–Crippen LogP) is 1.28. The summed E-state index contributed by atoms with van der Waals surface area (Å²) < 4.78 is 0. The first kappa shape index (κ1) is 11.7. The maximum Gasteiger partial charge on any atom is 0.0916 e. The van der Waals surface area contributed by atoms with Gasteiger partial charge >= 0.3 is 0 Å². The van der Waals surface area contributed by atoms with Gasteiger partial charge in [-0.1, -0.05) is 18.2 Å². The molecular formula is C14H19N3O. The molecule has 1 fully saturated rings. The van der Waals surface area contributed by atoms with Gasteiger partial charge in [0, 0.05) is 13.1 Å². The van der Waals surface area contributed by atoms with Gasteiger partial charge < -0.3 is 15.3 Å². The van der Waals surface area contributed by atoms with Crippen LogP contribution in [0, 0.1) is 0 Å². The van der Waals surface area contributed by atoms with E-state index in [0.717, 1.165) is 38.2 Å². The summed E-state index contributed by atoms with van der Waals surface area (Å²) in [5, 5.41) is 13.8. The van der Waals surface area contributed by atoms with Crippen LogP contribution in [0.25, 0.3) is 0 Å². The van der Waals surface area contributed by atoms with Gasteiger partial charge in [-0.15, -0.1) is 0 Å². The Morgan fingerprint density at radius 2 is 2.06 bits per heavy atom. The summed E-state index contributed by atoms with van der Waals surface area (Å²) in [6, 6.07) is 8.18. The van der Waals surface area contributed by atoms with Gasteiger partial charge in [-0.3, -0.25) is 0 Å². The van der Waals surface area contributed by atoms with Crippen molar-refractivity contribution in [2.24, 2.45) is 4.99 Å². The highest BCUT2D eigenvalue weighted by Gasteiger charge is 2.31. The lowest BCUT2D eigenvalue weighted by molar-refractivity contribution is -0.00747. The van der Waals surface area contributed by atoms with Crippen LogP contribution in [0.5, 0.6) is 0 Å². The van der Waals surface area contributed by atoms with E-state index >= 15 is 0 Å². The summed E-state index contributed by atoms with van der Waals surface area (Å²) in [6.45, 7) is 3.32. The molecule has 2 N–H and O–H groups in total. The fraction of sp³-hybridized carbons (Fsp3) is 0.500. The number of rotatable bonds is 2. The lowest BCUT2D eigenvalue weighted by atomic mass is 9.91. The minimum absolute atomic E-state index is 0.566. The van der Waals surface area contributed by atoms with Crippen LogP contribution in [0.3, 0.4) is 0 Å². The molecule has 3 rings (SSSR count). The van der Waals surface area contributed by atoms with Crippen LogP contribution < -0.4 is 5.32 Å². The third-order valence-corrected chi connectivity index (χ3v) is 3.76. The average molecular weight is 245 g/mol. The van der Waals surface area contributed by atoms with Crippen molar-refractivity contribution in [3.63, 3.8) is 0 Å². The topological polar surface area (TPSA) is 47.9 Å². The van der Waals surface area contributed by atoms with Crippen molar-refractivity contribution in [1.82, 2.24) is 10.2 Å². The quantitative estimate of drug-likeness (QED) is 0.825. The molecule has 18 heavy (non-hydrogen) atoms. The van der Waals surface area contributed by atoms with Crippen LogP contribution in [0.4, 0.5) is 5.69 Å². The summed E-state index contributed by atoms with van der Waals surface area (Å²) in [6.07, 6.45) is 3.50. The molecule has 0 spiro atoms.